The van der Waals surface area contributed by atoms with Crippen molar-refractivity contribution in [1.82, 2.24) is 15.4 Å². The molecule has 2 aromatic carbocycles. The Morgan fingerprint density at radius 2 is 1.81 bits per heavy atom. The van der Waals surface area contributed by atoms with Gasteiger partial charge in [-0.2, -0.15) is 0 Å². The van der Waals surface area contributed by atoms with Crippen LogP contribution in [0.15, 0.2) is 47.0 Å². The molecule has 0 spiro atoms. The molecule has 0 saturated carbocycles. The van der Waals surface area contributed by atoms with Gasteiger partial charge in [-0.15, -0.1) is 0 Å². The highest BCUT2D eigenvalue weighted by Crippen LogP contribution is 2.29. The lowest BCUT2D eigenvalue weighted by Gasteiger charge is -2.35. The molecule has 1 fully saturated rings. The maximum absolute atomic E-state index is 13.0. The second kappa shape index (κ2) is 11.6. The maximum atomic E-state index is 13.0. The monoisotopic (exact) mass is 493 g/mol. The fraction of sp³-hybridized carbons (Fsp3) is 0.429. The summed E-state index contributed by atoms with van der Waals surface area (Å²) in [5.74, 6) is 1.59. The number of nitrogens with zero attached hydrogens (tertiary/aromatic N) is 2. The van der Waals surface area contributed by atoms with Crippen LogP contribution in [-0.4, -0.2) is 48.4 Å². The number of carbonyl (C=O) groups excluding carboxylic acids is 1. The van der Waals surface area contributed by atoms with Gasteiger partial charge in [-0.1, -0.05) is 29.4 Å². The zero-order valence-electron chi connectivity index (χ0n) is 21.7. The quantitative estimate of drug-likeness (QED) is 0.472. The average molecular weight is 494 g/mol. The molecule has 2 unspecified atom stereocenters. The molecule has 1 aliphatic rings. The van der Waals surface area contributed by atoms with Crippen LogP contribution in [0.1, 0.15) is 52.3 Å². The zero-order chi connectivity index (χ0) is 25.7. The SMILES string of the molecule is COc1cc(C(=O)NCc2ccccc2CN2CC(C)OC(C)C2)ccc1OCc1c(C)noc1C. The number of aromatic nitrogens is 1. The lowest BCUT2D eigenvalue weighted by molar-refractivity contribution is -0.0705. The average Bonchev–Trinajstić information content (AvgIpc) is 3.18. The first kappa shape index (κ1) is 25.7. The maximum Gasteiger partial charge on any atom is 0.251 e. The minimum Gasteiger partial charge on any atom is -0.493 e. The molecule has 1 amide bonds. The molecule has 1 aliphatic heterocycles. The fourth-order valence-corrected chi connectivity index (χ4v) is 4.60. The summed E-state index contributed by atoms with van der Waals surface area (Å²) < 4.78 is 22.5. The van der Waals surface area contributed by atoms with Gasteiger partial charge in [0.25, 0.3) is 5.91 Å². The molecule has 0 bridgehead atoms. The van der Waals surface area contributed by atoms with E-state index >= 15 is 0 Å². The predicted octanol–water partition coefficient (Wildman–Crippen LogP) is 4.42. The topological polar surface area (TPSA) is 86.1 Å². The molecule has 1 aromatic heterocycles. The normalized spacial score (nSPS) is 18.1. The number of hydrogen-bond acceptors (Lipinski definition) is 7. The molecule has 1 N–H and O–H groups in total. The van der Waals surface area contributed by atoms with Gasteiger partial charge in [0.05, 0.1) is 30.6 Å². The molecule has 1 saturated heterocycles. The summed E-state index contributed by atoms with van der Waals surface area (Å²) in [6.07, 6.45) is 0.430. The zero-order valence-corrected chi connectivity index (χ0v) is 21.7. The van der Waals surface area contributed by atoms with Crippen molar-refractivity contribution in [2.24, 2.45) is 0 Å². The molecule has 2 heterocycles. The van der Waals surface area contributed by atoms with Gasteiger partial charge >= 0.3 is 0 Å². The van der Waals surface area contributed by atoms with E-state index in [4.69, 9.17) is 18.7 Å². The summed E-state index contributed by atoms with van der Waals surface area (Å²) in [6, 6.07) is 13.4. The van der Waals surface area contributed by atoms with Gasteiger partial charge in [0.1, 0.15) is 12.4 Å². The number of rotatable bonds is 9. The van der Waals surface area contributed by atoms with Crippen molar-refractivity contribution in [3.63, 3.8) is 0 Å². The Morgan fingerprint density at radius 3 is 2.47 bits per heavy atom. The van der Waals surface area contributed by atoms with E-state index in [0.29, 0.717) is 30.2 Å². The number of ether oxygens (including phenoxy) is 3. The predicted molar refractivity (Wildman–Crippen MR) is 136 cm³/mol. The van der Waals surface area contributed by atoms with Gasteiger partial charge < -0.3 is 24.1 Å². The second-order valence-electron chi connectivity index (χ2n) is 9.36. The Balaban J connectivity index is 1.39. The number of carbonyl (C=O) groups is 1. The summed E-state index contributed by atoms with van der Waals surface area (Å²) >= 11 is 0. The third kappa shape index (κ3) is 6.25. The third-order valence-electron chi connectivity index (χ3n) is 6.43. The molecule has 0 radical (unpaired) electrons. The highest BCUT2D eigenvalue weighted by atomic mass is 16.5. The van der Waals surface area contributed by atoms with E-state index in [1.165, 1.54) is 5.56 Å². The van der Waals surface area contributed by atoms with E-state index in [-0.39, 0.29) is 18.1 Å². The highest BCUT2D eigenvalue weighted by Gasteiger charge is 2.23. The van der Waals surface area contributed by atoms with Crippen LogP contribution in [0.2, 0.25) is 0 Å². The van der Waals surface area contributed by atoms with Gasteiger partial charge in [-0.3, -0.25) is 9.69 Å². The first-order chi connectivity index (χ1) is 17.3. The van der Waals surface area contributed by atoms with E-state index in [1.54, 1.807) is 25.3 Å². The number of hydrogen-bond donors (Lipinski definition) is 1. The van der Waals surface area contributed by atoms with E-state index in [1.807, 2.05) is 26.0 Å². The van der Waals surface area contributed by atoms with Crippen LogP contribution in [0.4, 0.5) is 0 Å². The van der Waals surface area contributed by atoms with Crippen LogP contribution in [-0.2, 0) is 24.4 Å². The van der Waals surface area contributed by atoms with E-state index < -0.39 is 0 Å². The van der Waals surface area contributed by atoms with Crippen molar-refractivity contribution in [2.75, 3.05) is 20.2 Å². The molecule has 36 heavy (non-hydrogen) atoms. The lowest BCUT2D eigenvalue weighted by atomic mass is 10.1. The molecule has 8 heteroatoms. The van der Waals surface area contributed by atoms with Crippen molar-refractivity contribution in [1.29, 1.82) is 0 Å². The van der Waals surface area contributed by atoms with E-state index in [2.05, 4.69) is 41.4 Å². The Hall–Kier alpha value is -3.36. The molecular formula is C28H35N3O5. The van der Waals surface area contributed by atoms with E-state index in [0.717, 1.165) is 42.2 Å². The fourth-order valence-electron chi connectivity index (χ4n) is 4.60. The number of morpholine rings is 1. The van der Waals surface area contributed by atoms with Crippen molar-refractivity contribution >= 4 is 5.91 Å². The molecule has 2 atom stereocenters. The minimum atomic E-state index is -0.172. The molecule has 4 rings (SSSR count). The van der Waals surface area contributed by atoms with Crippen molar-refractivity contribution in [3.05, 3.63) is 76.2 Å². The number of amides is 1. The van der Waals surface area contributed by atoms with Crippen molar-refractivity contribution in [3.8, 4) is 11.5 Å². The number of nitrogens with one attached hydrogen (secondary N) is 1. The van der Waals surface area contributed by atoms with Crippen LogP contribution < -0.4 is 14.8 Å². The summed E-state index contributed by atoms with van der Waals surface area (Å²) in [4.78, 5) is 15.4. The molecule has 192 valence electrons. The standard InChI is InChI=1S/C28H35N3O5/c1-18-14-31(15-19(2)35-18)16-24-9-7-6-8-23(24)13-29-28(32)22-10-11-26(27(12-22)33-5)34-17-25-20(3)30-36-21(25)4/h6-12,18-19H,13-17H2,1-5H3,(H,29,32). The van der Waals surface area contributed by atoms with Gasteiger partial charge in [0.2, 0.25) is 0 Å². The third-order valence-corrected chi connectivity index (χ3v) is 6.43. The first-order valence-corrected chi connectivity index (χ1v) is 12.3. The van der Waals surface area contributed by atoms with E-state index in [9.17, 15) is 4.79 Å². The molecular weight excluding hydrogens is 458 g/mol. The van der Waals surface area contributed by atoms with Crippen LogP contribution >= 0.6 is 0 Å². The summed E-state index contributed by atoms with van der Waals surface area (Å²) in [5, 5.41) is 7.00. The van der Waals surface area contributed by atoms with Gasteiger partial charge in [0.15, 0.2) is 11.5 Å². The minimum absolute atomic E-state index is 0.172. The number of benzene rings is 2. The Kier molecular flexibility index (Phi) is 8.28. The molecule has 3 aromatic rings. The number of methoxy groups -OCH3 is 1. The van der Waals surface area contributed by atoms with Crippen LogP contribution in [0, 0.1) is 13.8 Å². The highest BCUT2D eigenvalue weighted by molar-refractivity contribution is 5.94. The summed E-state index contributed by atoms with van der Waals surface area (Å²) in [7, 11) is 1.56. The Morgan fingerprint density at radius 1 is 1.08 bits per heavy atom. The number of aryl methyl sites for hydroxylation is 2. The lowest BCUT2D eigenvalue weighted by Crippen LogP contribution is -2.45. The van der Waals surface area contributed by atoms with Crippen molar-refractivity contribution < 1.29 is 23.5 Å². The summed E-state index contributed by atoms with van der Waals surface area (Å²) in [6.45, 7) is 11.3. The van der Waals surface area contributed by atoms with Crippen molar-refractivity contribution in [2.45, 2.75) is 59.6 Å². The van der Waals surface area contributed by atoms with Crippen LogP contribution in [0.5, 0.6) is 11.5 Å². The van der Waals surface area contributed by atoms with Crippen LogP contribution in [0.25, 0.3) is 0 Å². The van der Waals surface area contributed by atoms with Gasteiger partial charge in [-0.05, 0) is 57.0 Å². The van der Waals surface area contributed by atoms with Gasteiger partial charge in [-0.25, -0.2) is 0 Å². The first-order valence-electron chi connectivity index (χ1n) is 12.3. The molecule has 0 aliphatic carbocycles. The summed E-state index contributed by atoms with van der Waals surface area (Å²) in [5.41, 5.74) is 4.51. The second-order valence-corrected chi connectivity index (χ2v) is 9.36. The Labute approximate surface area is 212 Å². The Bertz CT molecular complexity index is 1160. The smallest absolute Gasteiger partial charge is 0.251 e. The van der Waals surface area contributed by atoms with Crippen LogP contribution in [0.3, 0.4) is 0 Å². The largest absolute Gasteiger partial charge is 0.493 e. The van der Waals surface area contributed by atoms with Gasteiger partial charge in [0, 0.05) is 31.7 Å². The molecule has 8 nitrogen and oxygen atoms in total.